The second-order valence-corrected chi connectivity index (χ2v) is 4.68. The lowest BCUT2D eigenvalue weighted by Gasteiger charge is -2.20. The van der Waals surface area contributed by atoms with Crippen molar-refractivity contribution in [3.63, 3.8) is 0 Å². The van der Waals surface area contributed by atoms with E-state index in [1.165, 1.54) is 0 Å². The Labute approximate surface area is 110 Å². The molecule has 5 heteroatoms. The molecular formula is C13H13ClN2O2. The maximum absolute atomic E-state index is 11.8. The van der Waals surface area contributed by atoms with E-state index in [1.807, 2.05) is 29.2 Å². The highest BCUT2D eigenvalue weighted by Crippen LogP contribution is 2.28. The van der Waals surface area contributed by atoms with Gasteiger partial charge in [-0.25, -0.2) is 0 Å². The Balaban J connectivity index is 1.95. The Hall–Kier alpha value is -1.55. The van der Waals surface area contributed by atoms with Crippen LogP contribution in [0.2, 0.25) is 0 Å². The molecule has 1 saturated heterocycles. The van der Waals surface area contributed by atoms with Crippen LogP contribution in [0.4, 0.5) is 6.01 Å². The van der Waals surface area contributed by atoms with Crippen LogP contribution in [-0.4, -0.2) is 29.2 Å². The number of nitrogens with zero attached hydrogens (tertiary/aromatic N) is 2. The third-order valence-corrected chi connectivity index (χ3v) is 3.55. The van der Waals surface area contributed by atoms with Gasteiger partial charge >= 0.3 is 0 Å². The van der Waals surface area contributed by atoms with Gasteiger partial charge in [0, 0.05) is 6.54 Å². The highest BCUT2D eigenvalue weighted by atomic mass is 35.5. The van der Waals surface area contributed by atoms with E-state index in [2.05, 4.69) is 4.98 Å². The van der Waals surface area contributed by atoms with Gasteiger partial charge in [-0.05, 0) is 25.0 Å². The van der Waals surface area contributed by atoms with Crippen LogP contribution in [0.5, 0.6) is 0 Å². The number of carbonyl (C=O) groups excluding carboxylic acids is 1. The van der Waals surface area contributed by atoms with E-state index in [-0.39, 0.29) is 17.7 Å². The molecule has 94 valence electrons. The molecular weight excluding hydrogens is 252 g/mol. The number of halogens is 1. The van der Waals surface area contributed by atoms with E-state index in [1.54, 1.807) is 0 Å². The predicted octanol–water partition coefficient (Wildman–Crippen LogP) is 2.60. The lowest BCUT2D eigenvalue weighted by atomic mass is 10.1. The lowest BCUT2D eigenvalue weighted by molar-refractivity contribution is -0.117. The molecule has 1 fully saturated rings. The van der Waals surface area contributed by atoms with Crippen molar-refractivity contribution < 1.29 is 9.21 Å². The van der Waals surface area contributed by atoms with Gasteiger partial charge in [-0.1, -0.05) is 12.1 Å². The molecule has 0 N–H and O–H groups in total. The predicted molar refractivity (Wildman–Crippen MR) is 70.1 cm³/mol. The van der Waals surface area contributed by atoms with E-state index < -0.39 is 0 Å². The smallest absolute Gasteiger partial charge is 0.298 e. The van der Waals surface area contributed by atoms with Crippen LogP contribution >= 0.6 is 11.6 Å². The second kappa shape index (κ2) is 4.61. The number of alkyl halides is 1. The highest BCUT2D eigenvalue weighted by Gasteiger charge is 2.32. The summed E-state index contributed by atoms with van der Waals surface area (Å²) in [6.45, 7) is 0.792. The molecule has 0 spiro atoms. The molecule has 0 bridgehead atoms. The molecule has 1 aliphatic heterocycles. The van der Waals surface area contributed by atoms with Crippen molar-refractivity contribution in [2.75, 3.05) is 17.3 Å². The van der Waals surface area contributed by atoms with E-state index in [9.17, 15) is 4.79 Å². The Morgan fingerprint density at radius 1 is 1.50 bits per heavy atom. The molecule has 1 aromatic heterocycles. The summed E-state index contributed by atoms with van der Waals surface area (Å²) >= 11 is 5.64. The first-order chi connectivity index (χ1) is 8.79. The average molecular weight is 265 g/mol. The maximum atomic E-state index is 11.8. The van der Waals surface area contributed by atoms with Crippen LogP contribution in [0.15, 0.2) is 28.7 Å². The summed E-state index contributed by atoms with van der Waals surface area (Å²) in [5, 5.41) is 0. The van der Waals surface area contributed by atoms with Crippen LogP contribution in [0.25, 0.3) is 11.1 Å². The van der Waals surface area contributed by atoms with E-state index in [0.717, 1.165) is 30.5 Å². The summed E-state index contributed by atoms with van der Waals surface area (Å²) in [4.78, 5) is 18.1. The number of fused-ring (bicyclic) bond motifs is 1. The van der Waals surface area contributed by atoms with Crippen molar-refractivity contribution in [3.8, 4) is 0 Å². The molecule has 0 amide bonds. The summed E-state index contributed by atoms with van der Waals surface area (Å²) in [7, 11) is 0. The molecule has 0 aliphatic carbocycles. The standard InChI is InChI=1S/C13H13ClN2O2/c14-8-11(17)10-5-3-7-16(10)13-15-9-4-1-2-6-12(9)18-13/h1-2,4,6,10H,3,5,7-8H2/t10-/m1/s1. The van der Waals surface area contributed by atoms with E-state index in [4.69, 9.17) is 16.0 Å². The molecule has 3 rings (SSSR count). The number of carbonyl (C=O) groups is 1. The molecule has 1 atom stereocenters. The Morgan fingerprint density at radius 2 is 2.33 bits per heavy atom. The van der Waals surface area contributed by atoms with Gasteiger partial charge in [0.1, 0.15) is 5.52 Å². The third kappa shape index (κ3) is 1.86. The van der Waals surface area contributed by atoms with Gasteiger partial charge in [-0.2, -0.15) is 4.98 Å². The number of Topliss-reactive ketones (excluding diaryl/α,β-unsaturated/α-hetero) is 1. The fraction of sp³-hybridized carbons (Fsp3) is 0.385. The summed E-state index contributed by atoms with van der Waals surface area (Å²) < 4.78 is 5.70. The van der Waals surface area contributed by atoms with Crippen LogP contribution in [-0.2, 0) is 4.79 Å². The second-order valence-electron chi connectivity index (χ2n) is 4.42. The summed E-state index contributed by atoms with van der Waals surface area (Å²) in [5.74, 6) is 0.0814. The van der Waals surface area contributed by atoms with Gasteiger partial charge in [-0.15, -0.1) is 11.6 Å². The number of hydrogen-bond donors (Lipinski definition) is 0. The number of hydrogen-bond acceptors (Lipinski definition) is 4. The zero-order valence-electron chi connectivity index (χ0n) is 9.80. The van der Waals surface area contributed by atoms with Crippen molar-refractivity contribution in [2.45, 2.75) is 18.9 Å². The number of ketones is 1. The van der Waals surface area contributed by atoms with Crippen molar-refractivity contribution in [1.29, 1.82) is 0 Å². The van der Waals surface area contributed by atoms with Crippen LogP contribution in [0.3, 0.4) is 0 Å². The summed E-state index contributed by atoms with van der Waals surface area (Å²) in [5.41, 5.74) is 1.56. The van der Waals surface area contributed by atoms with Crippen molar-refractivity contribution >= 4 is 34.5 Å². The number of rotatable bonds is 3. The summed E-state index contributed by atoms with van der Waals surface area (Å²) in [6, 6.07) is 7.94. The zero-order chi connectivity index (χ0) is 12.5. The molecule has 2 aromatic rings. The molecule has 4 nitrogen and oxygen atoms in total. The topological polar surface area (TPSA) is 46.3 Å². The van der Waals surface area contributed by atoms with Crippen molar-refractivity contribution in [3.05, 3.63) is 24.3 Å². The number of oxazole rings is 1. The van der Waals surface area contributed by atoms with Crippen molar-refractivity contribution in [1.82, 2.24) is 4.98 Å². The van der Waals surface area contributed by atoms with Crippen LogP contribution in [0.1, 0.15) is 12.8 Å². The Bertz CT molecular complexity index is 548. The molecule has 0 unspecified atom stereocenters. The molecule has 2 heterocycles. The van der Waals surface area contributed by atoms with Crippen LogP contribution in [0, 0.1) is 0 Å². The van der Waals surface area contributed by atoms with Gasteiger partial charge < -0.3 is 9.32 Å². The minimum Gasteiger partial charge on any atom is -0.423 e. The number of benzene rings is 1. The fourth-order valence-electron chi connectivity index (χ4n) is 2.40. The normalized spacial score (nSPS) is 19.6. The monoisotopic (exact) mass is 264 g/mol. The Kier molecular flexibility index (Phi) is 2.96. The summed E-state index contributed by atoms with van der Waals surface area (Å²) in [6.07, 6.45) is 1.79. The van der Waals surface area contributed by atoms with Gasteiger partial charge in [-0.3, -0.25) is 4.79 Å². The van der Waals surface area contributed by atoms with E-state index in [0.29, 0.717) is 6.01 Å². The molecule has 0 radical (unpaired) electrons. The first-order valence-corrected chi connectivity index (χ1v) is 6.54. The van der Waals surface area contributed by atoms with Gasteiger partial charge in [0.05, 0.1) is 11.9 Å². The molecule has 18 heavy (non-hydrogen) atoms. The maximum Gasteiger partial charge on any atom is 0.298 e. The number of para-hydroxylation sites is 2. The fourth-order valence-corrected chi connectivity index (χ4v) is 2.58. The number of aromatic nitrogens is 1. The first kappa shape index (κ1) is 11.5. The highest BCUT2D eigenvalue weighted by molar-refractivity contribution is 6.28. The van der Waals surface area contributed by atoms with Crippen molar-refractivity contribution in [2.24, 2.45) is 0 Å². The van der Waals surface area contributed by atoms with E-state index >= 15 is 0 Å². The molecule has 0 saturated carbocycles. The first-order valence-electron chi connectivity index (χ1n) is 6.00. The molecule has 1 aliphatic rings. The third-order valence-electron chi connectivity index (χ3n) is 3.28. The lowest BCUT2D eigenvalue weighted by Crippen LogP contribution is -2.37. The van der Waals surface area contributed by atoms with Crippen LogP contribution < -0.4 is 4.90 Å². The van der Waals surface area contributed by atoms with Gasteiger partial charge in [0.25, 0.3) is 6.01 Å². The minimum atomic E-state index is -0.185. The average Bonchev–Trinajstić information content (AvgIpc) is 3.03. The number of anilines is 1. The SMILES string of the molecule is O=C(CCl)[C@H]1CCCN1c1nc2ccccc2o1. The quantitative estimate of drug-likeness (QED) is 0.800. The van der Waals surface area contributed by atoms with Gasteiger partial charge in [0.15, 0.2) is 11.4 Å². The molecule has 1 aromatic carbocycles. The Morgan fingerprint density at radius 3 is 3.11 bits per heavy atom. The zero-order valence-corrected chi connectivity index (χ0v) is 10.6. The largest absolute Gasteiger partial charge is 0.423 e. The minimum absolute atomic E-state index is 0.0384. The van der Waals surface area contributed by atoms with Gasteiger partial charge in [0.2, 0.25) is 0 Å².